The fourth-order valence-corrected chi connectivity index (χ4v) is 3.26. The second-order valence-electron chi connectivity index (χ2n) is 5.21. The molecular weight excluding hydrogens is 288 g/mol. The Bertz CT molecular complexity index is 469. The summed E-state index contributed by atoms with van der Waals surface area (Å²) in [6, 6.07) is 0. The van der Waals surface area contributed by atoms with Crippen molar-refractivity contribution in [1.82, 2.24) is 4.90 Å². The van der Waals surface area contributed by atoms with E-state index in [1.165, 1.54) is 0 Å². The molecule has 3 N–H and O–H groups in total. The Morgan fingerprint density at radius 3 is 2.45 bits per heavy atom. The number of aliphatic carboxylic acids is 1. The number of amides is 1. The lowest BCUT2D eigenvalue weighted by atomic mass is 9.97. The van der Waals surface area contributed by atoms with Gasteiger partial charge < -0.3 is 15.6 Å². The van der Waals surface area contributed by atoms with Crippen LogP contribution in [0.25, 0.3) is 0 Å². The number of hydrogen-bond acceptors (Lipinski definition) is 6. The van der Waals surface area contributed by atoms with Crippen molar-refractivity contribution in [2.75, 3.05) is 37.7 Å². The highest BCUT2D eigenvalue weighted by Gasteiger charge is 2.40. The molecule has 1 saturated heterocycles. The second-order valence-corrected chi connectivity index (χ2v) is 7.51. The summed E-state index contributed by atoms with van der Waals surface area (Å²) in [6.07, 6.45) is -0.165. The van der Waals surface area contributed by atoms with Gasteiger partial charge in [0.25, 0.3) is 0 Å². The lowest BCUT2D eigenvalue weighted by molar-refractivity contribution is -0.164. The number of hydrogen-bond donors (Lipinski definition) is 2. The van der Waals surface area contributed by atoms with E-state index < -0.39 is 27.3 Å². The third-order valence-electron chi connectivity index (χ3n) is 3.04. The van der Waals surface area contributed by atoms with Crippen LogP contribution in [0, 0.1) is 0 Å². The number of carbonyl (C=O) groups excluding carboxylic acids is 1. The van der Waals surface area contributed by atoms with Crippen LogP contribution in [0.3, 0.4) is 0 Å². The van der Waals surface area contributed by atoms with Gasteiger partial charge in [0.1, 0.15) is 6.61 Å². The predicted octanol–water partition coefficient (Wildman–Crippen LogP) is -1.55. The van der Waals surface area contributed by atoms with Gasteiger partial charge in [-0.15, -0.1) is 0 Å². The first-order chi connectivity index (χ1) is 9.12. The minimum atomic E-state index is -3.29. The Kier molecular flexibility index (Phi) is 5.49. The molecule has 1 aliphatic rings. The van der Waals surface area contributed by atoms with Crippen molar-refractivity contribution in [3.63, 3.8) is 0 Å². The highest BCUT2D eigenvalue weighted by Crippen LogP contribution is 2.24. The standard InChI is InChI=1S/C11H20N2O6S/c1-11(19-6-10(15)16)7-13(8-11)3-5-20(17,18)4-2-9(12)14/h2-8H2,1H3,(H2,12,14)(H,15,16). The first-order valence-electron chi connectivity index (χ1n) is 6.19. The van der Waals surface area contributed by atoms with Crippen LogP contribution in [0.15, 0.2) is 0 Å². The highest BCUT2D eigenvalue weighted by atomic mass is 32.2. The zero-order chi connectivity index (χ0) is 15.4. The molecule has 8 nitrogen and oxygen atoms in total. The predicted molar refractivity (Wildman–Crippen MR) is 70.9 cm³/mol. The van der Waals surface area contributed by atoms with Gasteiger partial charge in [0, 0.05) is 26.1 Å². The molecule has 0 aromatic heterocycles. The van der Waals surface area contributed by atoms with E-state index in [0.717, 1.165) is 0 Å². The summed E-state index contributed by atoms with van der Waals surface area (Å²) in [6.45, 7) is 2.75. The number of primary amides is 1. The maximum atomic E-state index is 11.6. The Hall–Kier alpha value is -1.19. The van der Waals surface area contributed by atoms with Crippen molar-refractivity contribution in [1.29, 1.82) is 0 Å². The van der Waals surface area contributed by atoms with Gasteiger partial charge in [-0.3, -0.25) is 9.69 Å². The zero-order valence-electron chi connectivity index (χ0n) is 11.4. The lowest BCUT2D eigenvalue weighted by Gasteiger charge is -2.47. The van der Waals surface area contributed by atoms with Crippen molar-refractivity contribution in [2.24, 2.45) is 5.73 Å². The summed E-state index contributed by atoms with van der Waals surface area (Å²) in [5.74, 6) is -1.94. The summed E-state index contributed by atoms with van der Waals surface area (Å²) in [5, 5.41) is 8.52. The Balaban J connectivity index is 2.25. The summed E-state index contributed by atoms with van der Waals surface area (Å²) in [5.41, 5.74) is 4.38. The smallest absolute Gasteiger partial charge is 0.329 e. The molecule has 0 aromatic rings. The SMILES string of the molecule is CC1(OCC(=O)O)CN(CCS(=O)(=O)CCC(N)=O)C1. The van der Waals surface area contributed by atoms with Crippen LogP contribution in [0.4, 0.5) is 0 Å². The largest absolute Gasteiger partial charge is 0.480 e. The third-order valence-corrected chi connectivity index (χ3v) is 4.67. The van der Waals surface area contributed by atoms with Gasteiger partial charge >= 0.3 is 5.97 Å². The number of likely N-dealkylation sites (tertiary alicyclic amines) is 1. The van der Waals surface area contributed by atoms with Crippen molar-refractivity contribution in [3.05, 3.63) is 0 Å². The van der Waals surface area contributed by atoms with Gasteiger partial charge in [-0.2, -0.15) is 0 Å². The van der Waals surface area contributed by atoms with Gasteiger partial charge in [0.15, 0.2) is 9.84 Å². The van der Waals surface area contributed by atoms with Crippen LogP contribution in [0.5, 0.6) is 0 Å². The number of sulfone groups is 1. The molecule has 1 rings (SSSR count). The summed E-state index contributed by atoms with van der Waals surface area (Å²) in [7, 11) is -3.29. The number of carboxylic acids is 1. The maximum Gasteiger partial charge on any atom is 0.329 e. The van der Waals surface area contributed by atoms with E-state index in [4.69, 9.17) is 15.6 Å². The zero-order valence-corrected chi connectivity index (χ0v) is 12.2. The van der Waals surface area contributed by atoms with Gasteiger partial charge in [-0.1, -0.05) is 0 Å². The van der Waals surface area contributed by atoms with Crippen molar-refractivity contribution < 1.29 is 27.9 Å². The molecule has 0 atom stereocenters. The molecule has 1 aliphatic heterocycles. The first-order valence-corrected chi connectivity index (χ1v) is 8.01. The number of carboxylic acid groups (broad SMARTS) is 1. The number of rotatable bonds is 9. The topological polar surface area (TPSA) is 127 Å². The van der Waals surface area contributed by atoms with Gasteiger partial charge in [0.2, 0.25) is 5.91 Å². The van der Waals surface area contributed by atoms with Crippen LogP contribution in [0.1, 0.15) is 13.3 Å². The Labute approximate surface area is 117 Å². The van der Waals surface area contributed by atoms with E-state index in [0.29, 0.717) is 19.6 Å². The van der Waals surface area contributed by atoms with Gasteiger partial charge in [0.05, 0.1) is 17.1 Å². The Morgan fingerprint density at radius 2 is 1.95 bits per heavy atom. The molecule has 0 saturated carbocycles. The van der Waals surface area contributed by atoms with Crippen LogP contribution in [-0.4, -0.2) is 73.6 Å². The first kappa shape index (κ1) is 16.9. The molecule has 0 aliphatic carbocycles. The van der Waals surface area contributed by atoms with Crippen molar-refractivity contribution in [3.8, 4) is 0 Å². The van der Waals surface area contributed by atoms with E-state index in [2.05, 4.69) is 0 Å². The average Bonchev–Trinajstić information content (AvgIpc) is 2.29. The number of ether oxygens (including phenoxy) is 1. The van der Waals surface area contributed by atoms with Crippen LogP contribution in [0.2, 0.25) is 0 Å². The van der Waals surface area contributed by atoms with Crippen molar-refractivity contribution in [2.45, 2.75) is 18.9 Å². The third kappa shape index (κ3) is 5.85. The normalized spacial score (nSPS) is 18.4. The van der Waals surface area contributed by atoms with Gasteiger partial charge in [-0.05, 0) is 6.92 Å². The average molecular weight is 308 g/mol. The molecule has 0 bridgehead atoms. The van der Waals surface area contributed by atoms with Gasteiger partial charge in [-0.25, -0.2) is 13.2 Å². The fraction of sp³-hybridized carbons (Fsp3) is 0.818. The second kappa shape index (κ2) is 6.51. The molecule has 1 heterocycles. The molecule has 0 radical (unpaired) electrons. The number of carbonyl (C=O) groups is 2. The molecule has 1 fully saturated rings. The lowest BCUT2D eigenvalue weighted by Crippen LogP contribution is -2.62. The number of nitrogens with zero attached hydrogens (tertiary/aromatic N) is 1. The van der Waals surface area contributed by atoms with Crippen molar-refractivity contribution >= 4 is 21.7 Å². The highest BCUT2D eigenvalue weighted by molar-refractivity contribution is 7.91. The molecule has 0 aromatic carbocycles. The van der Waals surface area contributed by atoms with Crippen LogP contribution in [-0.2, 0) is 24.2 Å². The quantitative estimate of drug-likeness (QED) is 0.528. The van der Waals surface area contributed by atoms with E-state index >= 15 is 0 Å². The minimum absolute atomic E-state index is 0.0463. The molecule has 0 unspecified atom stereocenters. The number of nitrogens with two attached hydrogens (primary N) is 1. The summed E-state index contributed by atoms with van der Waals surface area (Å²) in [4.78, 5) is 22.8. The molecule has 0 spiro atoms. The Morgan fingerprint density at radius 1 is 1.35 bits per heavy atom. The van der Waals surface area contributed by atoms with E-state index in [1.54, 1.807) is 6.92 Å². The van der Waals surface area contributed by atoms with E-state index in [1.807, 2.05) is 4.90 Å². The van der Waals surface area contributed by atoms with E-state index in [-0.39, 0.29) is 24.5 Å². The maximum absolute atomic E-state index is 11.6. The van der Waals surface area contributed by atoms with E-state index in [9.17, 15) is 18.0 Å². The van der Waals surface area contributed by atoms with Crippen LogP contribution >= 0.6 is 0 Å². The molecular formula is C11H20N2O6S. The molecule has 9 heteroatoms. The summed E-state index contributed by atoms with van der Waals surface area (Å²) >= 11 is 0. The fourth-order valence-electron chi connectivity index (χ4n) is 2.01. The molecule has 20 heavy (non-hydrogen) atoms. The summed E-state index contributed by atoms with van der Waals surface area (Å²) < 4.78 is 28.4. The minimum Gasteiger partial charge on any atom is -0.480 e. The monoisotopic (exact) mass is 308 g/mol. The molecule has 116 valence electrons. The van der Waals surface area contributed by atoms with Crippen LogP contribution < -0.4 is 5.73 Å². The molecule has 1 amide bonds.